The molecule has 3 heteroatoms. The first-order valence-corrected chi connectivity index (χ1v) is 18.2. The molecule has 0 unspecified atom stereocenters. The summed E-state index contributed by atoms with van der Waals surface area (Å²) < 4.78 is 11.7. The summed E-state index contributed by atoms with van der Waals surface area (Å²) in [5.41, 5.74) is 11.1. The molecule has 3 nitrogen and oxygen atoms in total. The number of fused-ring (bicyclic) bond motifs is 13. The van der Waals surface area contributed by atoms with E-state index >= 15 is 0 Å². The summed E-state index contributed by atoms with van der Waals surface area (Å²) in [5.74, 6) is 0. The van der Waals surface area contributed by atoms with Gasteiger partial charge in [0.15, 0.2) is 0 Å². The maximum absolute atomic E-state index is 6.81. The summed E-state index contributed by atoms with van der Waals surface area (Å²) in [5, 5.41) is 12.0. The van der Waals surface area contributed by atoms with Gasteiger partial charge in [0.25, 0.3) is 0 Å². The molecule has 0 N–H and O–H groups in total. The smallest absolute Gasteiger partial charge is 0.145 e. The van der Waals surface area contributed by atoms with E-state index in [2.05, 4.69) is 191 Å². The van der Waals surface area contributed by atoms with Crippen molar-refractivity contribution in [2.45, 2.75) is 0 Å². The number of hydrogen-bond donors (Lipinski definition) is 0. The van der Waals surface area contributed by atoms with Crippen molar-refractivity contribution in [3.63, 3.8) is 0 Å². The fraction of sp³-hybridized carbons (Fsp3) is 0. The quantitative estimate of drug-likeness (QED) is 0.183. The van der Waals surface area contributed by atoms with E-state index < -0.39 is 0 Å². The van der Waals surface area contributed by atoms with Gasteiger partial charge >= 0.3 is 0 Å². The highest BCUT2D eigenvalue weighted by atomic mass is 16.3. The van der Waals surface area contributed by atoms with Crippen LogP contribution in [0.1, 0.15) is 0 Å². The molecule has 0 saturated carbocycles. The highest BCUT2D eigenvalue weighted by Crippen LogP contribution is 2.45. The fourth-order valence-electron chi connectivity index (χ4n) is 8.98. The molecule has 9 aromatic carbocycles. The standard InChI is InChI=1S/C50H30N2O/c1-3-13-31(14-4-1)40-28-35(27-33-16-8-9-19-36(33)40)52-44-26-24-39-38-21-11-12-22-47(38)53-50(39)49(44)42-29-41-45(30-46(42)52)51(34-17-5-2-6-18-34)43-25-23-32-15-7-10-20-37(32)48(41)43/h1-30H. The van der Waals surface area contributed by atoms with Crippen LogP contribution in [0.2, 0.25) is 0 Å². The van der Waals surface area contributed by atoms with E-state index in [-0.39, 0.29) is 0 Å². The van der Waals surface area contributed by atoms with Gasteiger partial charge in [-0.05, 0) is 93.3 Å². The summed E-state index contributed by atoms with van der Waals surface area (Å²) in [6.45, 7) is 0. The van der Waals surface area contributed by atoms with Crippen molar-refractivity contribution in [3.8, 4) is 22.5 Å². The van der Waals surface area contributed by atoms with Crippen molar-refractivity contribution in [2.24, 2.45) is 0 Å². The number of para-hydroxylation sites is 2. The zero-order valence-electron chi connectivity index (χ0n) is 28.6. The van der Waals surface area contributed by atoms with E-state index in [1.54, 1.807) is 0 Å². The van der Waals surface area contributed by atoms with E-state index in [9.17, 15) is 0 Å². The lowest BCUT2D eigenvalue weighted by molar-refractivity contribution is 0.673. The predicted octanol–water partition coefficient (Wildman–Crippen LogP) is 13.8. The van der Waals surface area contributed by atoms with Crippen LogP contribution in [0.4, 0.5) is 0 Å². The lowest BCUT2D eigenvalue weighted by Gasteiger charge is -2.14. The van der Waals surface area contributed by atoms with Gasteiger partial charge in [-0.2, -0.15) is 0 Å². The third-order valence-corrected chi connectivity index (χ3v) is 11.3. The van der Waals surface area contributed by atoms with Crippen LogP contribution in [0.15, 0.2) is 186 Å². The van der Waals surface area contributed by atoms with Crippen molar-refractivity contribution in [2.75, 3.05) is 0 Å². The molecule has 0 atom stereocenters. The monoisotopic (exact) mass is 674 g/mol. The summed E-state index contributed by atoms with van der Waals surface area (Å²) in [6.07, 6.45) is 0. The zero-order valence-corrected chi connectivity index (χ0v) is 28.6. The average Bonchev–Trinajstić information content (AvgIpc) is 3.87. The highest BCUT2D eigenvalue weighted by Gasteiger charge is 2.23. The molecule has 0 aliphatic rings. The second-order valence-corrected chi connectivity index (χ2v) is 14.1. The van der Waals surface area contributed by atoms with Gasteiger partial charge in [0.05, 0.1) is 27.5 Å². The van der Waals surface area contributed by atoms with E-state index in [1.807, 2.05) is 0 Å². The lowest BCUT2D eigenvalue weighted by Crippen LogP contribution is -1.97. The number of aromatic nitrogens is 2. The van der Waals surface area contributed by atoms with Crippen LogP contribution in [-0.4, -0.2) is 9.13 Å². The largest absolute Gasteiger partial charge is 0.455 e. The van der Waals surface area contributed by atoms with E-state index in [0.29, 0.717) is 0 Å². The normalized spacial score (nSPS) is 12.2. The average molecular weight is 675 g/mol. The molecule has 0 spiro atoms. The maximum atomic E-state index is 6.81. The molecule has 0 bridgehead atoms. The molecule has 246 valence electrons. The van der Waals surface area contributed by atoms with Crippen LogP contribution in [-0.2, 0) is 0 Å². The minimum absolute atomic E-state index is 0.903. The SMILES string of the molecule is c1ccc(-c2cc(-n3c4cc5c(cc4c4c6oc7ccccc7c6ccc43)c3c4ccccc4ccc3n5-c3ccccc3)cc3ccccc23)cc1. The number of furan rings is 1. The summed E-state index contributed by atoms with van der Waals surface area (Å²) >= 11 is 0. The molecule has 3 heterocycles. The Bertz CT molecular complexity index is 3440. The van der Waals surface area contributed by atoms with E-state index in [0.717, 1.165) is 49.7 Å². The highest BCUT2D eigenvalue weighted by molar-refractivity contribution is 6.29. The molecule has 3 aromatic heterocycles. The zero-order chi connectivity index (χ0) is 34.6. The maximum Gasteiger partial charge on any atom is 0.145 e. The van der Waals surface area contributed by atoms with Gasteiger partial charge in [0, 0.05) is 38.3 Å². The molecule has 0 aliphatic carbocycles. The van der Waals surface area contributed by atoms with Gasteiger partial charge in [0.1, 0.15) is 11.2 Å². The molecule has 12 aromatic rings. The minimum Gasteiger partial charge on any atom is -0.455 e. The summed E-state index contributed by atoms with van der Waals surface area (Å²) in [4.78, 5) is 0. The Balaban J connectivity index is 1.31. The van der Waals surface area contributed by atoms with Crippen LogP contribution in [0.3, 0.4) is 0 Å². The van der Waals surface area contributed by atoms with Gasteiger partial charge in [0.2, 0.25) is 0 Å². The Kier molecular flexibility index (Phi) is 5.77. The Morgan fingerprint density at radius 2 is 0.962 bits per heavy atom. The second-order valence-electron chi connectivity index (χ2n) is 14.1. The van der Waals surface area contributed by atoms with Gasteiger partial charge in [-0.25, -0.2) is 0 Å². The first kappa shape index (κ1) is 28.6. The molecule has 53 heavy (non-hydrogen) atoms. The minimum atomic E-state index is 0.903. The van der Waals surface area contributed by atoms with Crippen molar-refractivity contribution < 1.29 is 4.42 Å². The third-order valence-electron chi connectivity index (χ3n) is 11.3. The van der Waals surface area contributed by atoms with Crippen LogP contribution in [0.25, 0.3) is 110 Å². The molecule has 0 fully saturated rings. The van der Waals surface area contributed by atoms with Gasteiger partial charge in [-0.1, -0.05) is 121 Å². The number of nitrogens with zero attached hydrogens (tertiary/aromatic N) is 2. The van der Waals surface area contributed by atoms with E-state index in [1.165, 1.54) is 59.9 Å². The fourth-order valence-corrected chi connectivity index (χ4v) is 8.98. The first-order chi connectivity index (χ1) is 26.3. The van der Waals surface area contributed by atoms with Crippen LogP contribution in [0.5, 0.6) is 0 Å². The molecule has 0 aliphatic heterocycles. The van der Waals surface area contributed by atoms with Gasteiger partial charge in [-0.15, -0.1) is 0 Å². The molecular weight excluding hydrogens is 645 g/mol. The van der Waals surface area contributed by atoms with Crippen LogP contribution in [0, 0.1) is 0 Å². The summed E-state index contributed by atoms with van der Waals surface area (Å²) in [7, 11) is 0. The summed E-state index contributed by atoms with van der Waals surface area (Å²) in [6, 6.07) is 66.0. The van der Waals surface area contributed by atoms with Crippen LogP contribution >= 0.6 is 0 Å². The molecule has 12 rings (SSSR count). The Hall–Kier alpha value is -7.10. The topological polar surface area (TPSA) is 23.0 Å². The van der Waals surface area contributed by atoms with Crippen molar-refractivity contribution in [1.82, 2.24) is 9.13 Å². The van der Waals surface area contributed by atoms with Crippen molar-refractivity contribution in [3.05, 3.63) is 182 Å². The van der Waals surface area contributed by atoms with Crippen molar-refractivity contribution >= 4 is 87.1 Å². The molecule has 0 amide bonds. The Labute approximate surface area is 304 Å². The number of benzene rings is 9. The van der Waals surface area contributed by atoms with E-state index in [4.69, 9.17) is 4.42 Å². The van der Waals surface area contributed by atoms with Gasteiger partial charge < -0.3 is 13.6 Å². The molecular formula is C50H30N2O. The second kappa shape index (κ2) is 10.7. The first-order valence-electron chi connectivity index (χ1n) is 18.2. The Morgan fingerprint density at radius 1 is 0.340 bits per heavy atom. The molecule has 0 saturated heterocycles. The molecule has 0 radical (unpaired) electrons. The third kappa shape index (κ3) is 3.99. The predicted molar refractivity (Wildman–Crippen MR) is 223 cm³/mol. The van der Waals surface area contributed by atoms with Crippen molar-refractivity contribution in [1.29, 1.82) is 0 Å². The van der Waals surface area contributed by atoms with Crippen LogP contribution < -0.4 is 0 Å². The Morgan fingerprint density at radius 3 is 1.79 bits per heavy atom. The number of hydrogen-bond acceptors (Lipinski definition) is 1. The number of rotatable bonds is 3. The lowest BCUT2D eigenvalue weighted by atomic mass is 9.97. The van der Waals surface area contributed by atoms with Gasteiger partial charge in [-0.3, -0.25) is 0 Å².